The molecule has 0 aromatic carbocycles. The van der Waals surface area contributed by atoms with Gasteiger partial charge in [0.1, 0.15) is 0 Å². The quantitative estimate of drug-likeness (QED) is 0.876. The van der Waals surface area contributed by atoms with Crippen molar-refractivity contribution in [3.05, 3.63) is 20.8 Å². The van der Waals surface area contributed by atoms with E-state index in [-0.39, 0.29) is 6.10 Å². The Labute approximate surface area is 91.1 Å². The second-order valence-electron chi connectivity index (χ2n) is 3.11. The van der Waals surface area contributed by atoms with Gasteiger partial charge in [0.2, 0.25) is 0 Å². The molecule has 1 aromatic rings. The van der Waals surface area contributed by atoms with Gasteiger partial charge in [-0.3, -0.25) is 0 Å². The lowest BCUT2D eigenvalue weighted by Crippen LogP contribution is -2.26. The molecule has 1 aromatic heterocycles. The number of aliphatic hydroxyl groups is 1. The van der Waals surface area contributed by atoms with Crippen LogP contribution in [0.2, 0.25) is 0 Å². The van der Waals surface area contributed by atoms with Gasteiger partial charge in [0, 0.05) is 21.9 Å². The Balaban J connectivity index is 2.49. The topological polar surface area (TPSA) is 32.3 Å². The fourth-order valence-electron chi connectivity index (χ4n) is 1.05. The van der Waals surface area contributed by atoms with Gasteiger partial charge >= 0.3 is 0 Å². The number of rotatable bonds is 4. The largest absolute Gasteiger partial charge is 0.392 e. The molecule has 1 heterocycles. The molecular weight excluding hydrogens is 250 g/mol. The van der Waals surface area contributed by atoms with Crippen LogP contribution in [0.1, 0.15) is 24.8 Å². The zero-order chi connectivity index (χ0) is 9.84. The van der Waals surface area contributed by atoms with Crippen LogP contribution in [0, 0.1) is 0 Å². The summed E-state index contributed by atoms with van der Waals surface area (Å²) in [6, 6.07) is 2.34. The molecule has 0 saturated heterocycles. The third-order valence-corrected chi connectivity index (χ3v) is 3.81. The number of thiophene rings is 1. The van der Waals surface area contributed by atoms with Crippen molar-refractivity contribution in [3.63, 3.8) is 0 Å². The summed E-state index contributed by atoms with van der Waals surface area (Å²) < 4.78 is 1.14. The minimum atomic E-state index is -0.291. The number of hydrogen-bond acceptors (Lipinski definition) is 3. The molecule has 0 spiro atoms. The summed E-state index contributed by atoms with van der Waals surface area (Å²) in [4.78, 5) is 1.28. The average molecular weight is 264 g/mol. The number of hydrogen-bond donors (Lipinski definition) is 2. The number of halogens is 1. The summed E-state index contributed by atoms with van der Waals surface area (Å²) in [6.07, 6.45) is -0.291. The Kier molecular flexibility index (Phi) is 4.38. The van der Waals surface area contributed by atoms with Crippen LogP contribution in [0.3, 0.4) is 0 Å². The van der Waals surface area contributed by atoms with Gasteiger partial charge in [0.25, 0.3) is 0 Å². The first kappa shape index (κ1) is 11.2. The van der Waals surface area contributed by atoms with Crippen molar-refractivity contribution in [2.45, 2.75) is 26.0 Å². The molecule has 2 atom stereocenters. The molecule has 0 aliphatic heterocycles. The van der Waals surface area contributed by atoms with Crippen molar-refractivity contribution >= 4 is 27.3 Å². The lowest BCUT2D eigenvalue weighted by molar-refractivity contribution is 0.187. The van der Waals surface area contributed by atoms with Crippen LogP contribution in [0.15, 0.2) is 15.9 Å². The predicted molar refractivity (Wildman–Crippen MR) is 60.1 cm³/mol. The van der Waals surface area contributed by atoms with E-state index < -0.39 is 0 Å². The molecule has 0 bridgehead atoms. The van der Waals surface area contributed by atoms with E-state index in [4.69, 9.17) is 5.11 Å². The molecule has 0 amide bonds. The van der Waals surface area contributed by atoms with Crippen LogP contribution in [0.4, 0.5) is 0 Å². The Hall–Kier alpha value is 0.100. The standard InChI is InChI=1S/C9H14BrNOS/c1-6(12)5-11-7(2)9-8(10)3-4-13-9/h3-4,6-7,11-12H,5H2,1-2H3/t6-,7?/m0/s1. The molecule has 74 valence electrons. The third kappa shape index (κ3) is 3.38. The lowest BCUT2D eigenvalue weighted by Gasteiger charge is -2.14. The van der Waals surface area contributed by atoms with Gasteiger partial charge in [0.15, 0.2) is 0 Å². The first-order valence-corrected chi connectivity index (χ1v) is 5.93. The molecule has 1 rings (SSSR count). The second-order valence-corrected chi connectivity index (χ2v) is 4.91. The summed E-state index contributed by atoms with van der Waals surface area (Å²) >= 11 is 5.20. The van der Waals surface area contributed by atoms with Gasteiger partial charge in [-0.25, -0.2) is 0 Å². The van der Waals surface area contributed by atoms with E-state index in [2.05, 4.69) is 33.6 Å². The van der Waals surface area contributed by atoms with Gasteiger partial charge in [-0.1, -0.05) is 0 Å². The van der Waals surface area contributed by atoms with Crippen molar-refractivity contribution in [2.75, 3.05) is 6.54 Å². The van der Waals surface area contributed by atoms with E-state index in [0.29, 0.717) is 12.6 Å². The third-order valence-electron chi connectivity index (χ3n) is 1.76. The van der Waals surface area contributed by atoms with Crippen molar-refractivity contribution in [3.8, 4) is 0 Å². The van der Waals surface area contributed by atoms with Crippen molar-refractivity contribution in [2.24, 2.45) is 0 Å². The predicted octanol–water partition coefficient (Wildman–Crippen LogP) is 2.54. The fourth-order valence-corrected chi connectivity index (χ4v) is 2.80. The van der Waals surface area contributed by atoms with Gasteiger partial charge in [-0.2, -0.15) is 0 Å². The SMILES string of the molecule is CC(NC[C@H](C)O)c1sccc1Br. The van der Waals surface area contributed by atoms with Crippen LogP contribution in [-0.2, 0) is 0 Å². The molecule has 13 heavy (non-hydrogen) atoms. The highest BCUT2D eigenvalue weighted by Gasteiger charge is 2.10. The van der Waals surface area contributed by atoms with E-state index >= 15 is 0 Å². The molecule has 2 N–H and O–H groups in total. The summed E-state index contributed by atoms with van der Waals surface area (Å²) in [5.41, 5.74) is 0. The molecule has 0 fully saturated rings. The molecule has 2 nitrogen and oxygen atoms in total. The van der Waals surface area contributed by atoms with Gasteiger partial charge < -0.3 is 10.4 Å². The zero-order valence-corrected chi connectivity index (χ0v) is 10.2. The Morgan fingerprint density at radius 2 is 2.31 bits per heavy atom. The highest BCUT2D eigenvalue weighted by molar-refractivity contribution is 9.10. The maximum absolute atomic E-state index is 9.10. The highest BCUT2D eigenvalue weighted by atomic mass is 79.9. The lowest BCUT2D eigenvalue weighted by atomic mass is 10.2. The van der Waals surface area contributed by atoms with Crippen molar-refractivity contribution < 1.29 is 5.11 Å². The molecule has 0 saturated carbocycles. The van der Waals surface area contributed by atoms with E-state index in [9.17, 15) is 0 Å². The van der Waals surface area contributed by atoms with Crippen molar-refractivity contribution in [1.29, 1.82) is 0 Å². The van der Waals surface area contributed by atoms with E-state index in [0.717, 1.165) is 4.47 Å². The fraction of sp³-hybridized carbons (Fsp3) is 0.556. The van der Waals surface area contributed by atoms with Crippen molar-refractivity contribution in [1.82, 2.24) is 5.32 Å². The van der Waals surface area contributed by atoms with Crippen LogP contribution in [0.25, 0.3) is 0 Å². The normalized spacial score (nSPS) is 15.7. The summed E-state index contributed by atoms with van der Waals surface area (Å²) in [6.45, 7) is 4.51. The Morgan fingerprint density at radius 3 is 2.77 bits per heavy atom. The van der Waals surface area contributed by atoms with Crippen LogP contribution >= 0.6 is 27.3 Å². The molecule has 4 heteroatoms. The molecule has 1 unspecified atom stereocenters. The summed E-state index contributed by atoms with van der Waals surface area (Å²) in [5.74, 6) is 0. The van der Waals surface area contributed by atoms with Gasteiger partial charge in [-0.15, -0.1) is 11.3 Å². The number of aliphatic hydroxyl groups excluding tert-OH is 1. The van der Waals surface area contributed by atoms with E-state index in [1.807, 2.05) is 6.07 Å². The van der Waals surface area contributed by atoms with Gasteiger partial charge in [0.05, 0.1) is 6.10 Å². The molecule has 0 aliphatic carbocycles. The Bertz CT molecular complexity index is 262. The van der Waals surface area contributed by atoms with E-state index in [1.165, 1.54) is 4.88 Å². The smallest absolute Gasteiger partial charge is 0.0636 e. The van der Waals surface area contributed by atoms with Crippen LogP contribution in [0.5, 0.6) is 0 Å². The second kappa shape index (κ2) is 5.10. The molecular formula is C9H14BrNOS. The summed E-state index contributed by atoms with van der Waals surface area (Å²) in [7, 11) is 0. The highest BCUT2D eigenvalue weighted by Crippen LogP contribution is 2.28. The first-order chi connectivity index (χ1) is 6.11. The summed E-state index contributed by atoms with van der Waals surface area (Å²) in [5, 5.41) is 14.4. The van der Waals surface area contributed by atoms with Gasteiger partial charge in [-0.05, 0) is 41.2 Å². The first-order valence-electron chi connectivity index (χ1n) is 4.25. The van der Waals surface area contributed by atoms with Crippen LogP contribution < -0.4 is 5.32 Å². The maximum Gasteiger partial charge on any atom is 0.0636 e. The monoisotopic (exact) mass is 263 g/mol. The molecule has 0 aliphatic rings. The zero-order valence-electron chi connectivity index (χ0n) is 7.75. The minimum absolute atomic E-state index is 0.291. The number of nitrogens with one attached hydrogen (secondary N) is 1. The van der Waals surface area contributed by atoms with E-state index in [1.54, 1.807) is 18.3 Å². The average Bonchev–Trinajstić information content (AvgIpc) is 2.47. The van der Waals surface area contributed by atoms with Crippen LogP contribution in [-0.4, -0.2) is 17.8 Å². The Morgan fingerprint density at radius 1 is 1.62 bits per heavy atom. The maximum atomic E-state index is 9.10. The molecule has 0 radical (unpaired) electrons. The minimum Gasteiger partial charge on any atom is -0.392 e.